The Bertz CT molecular complexity index is 2030. The van der Waals surface area contributed by atoms with Gasteiger partial charge in [0, 0.05) is 19.3 Å². The summed E-state index contributed by atoms with van der Waals surface area (Å²) in [5, 5.41) is 0. The molecule has 0 saturated heterocycles. The molecule has 0 aliphatic heterocycles. The van der Waals surface area contributed by atoms with Crippen LogP contribution in [0.15, 0.2) is 207 Å². The van der Waals surface area contributed by atoms with Gasteiger partial charge in [-0.3, -0.25) is 14.4 Å². The number of hydrogen-bond acceptors (Lipinski definition) is 6. The Morgan fingerprint density at radius 2 is 0.434 bits per heavy atom. The molecule has 0 N–H and O–H groups in total. The highest BCUT2D eigenvalue weighted by atomic mass is 16.6. The fraction of sp³-hybridized carbons (Fsp3) is 0.519. The van der Waals surface area contributed by atoms with Crippen molar-refractivity contribution in [3.63, 3.8) is 0 Å². The van der Waals surface area contributed by atoms with E-state index in [-0.39, 0.29) is 37.5 Å². The molecular formula is C77H116O6. The van der Waals surface area contributed by atoms with Gasteiger partial charge in [-0.25, -0.2) is 0 Å². The number of carbonyl (C=O) groups excluding carboxylic acids is 3. The lowest BCUT2D eigenvalue weighted by Crippen LogP contribution is -2.30. The van der Waals surface area contributed by atoms with Crippen LogP contribution >= 0.6 is 0 Å². The average molecular weight is 1140 g/mol. The number of unbranched alkanes of at least 4 members (excludes halogenated alkanes) is 11. The molecule has 0 spiro atoms. The number of rotatable bonds is 56. The topological polar surface area (TPSA) is 78.9 Å². The molecule has 0 aromatic rings. The van der Waals surface area contributed by atoms with Crippen LogP contribution in [0.2, 0.25) is 0 Å². The lowest BCUT2D eigenvalue weighted by Gasteiger charge is -2.18. The number of allylic oxidation sites excluding steroid dienone is 34. The van der Waals surface area contributed by atoms with Gasteiger partial charge in [0.2, 0.25) is 0 Å². The molecule has 0 bridgehead atoms. The monoisotopic (exact) mass is 1140 g/mol. The SMILES string of the molecule is CC/C=C\C/C=C\C/C=C\C/C=C\C/C=C\C/C=C\C/C=C\C/C=C\C/C=C\CCCCCC(=O)OCC(COC(=O)CCCCCC/C=C\C/C=C\C/C=C\C/C=C\CC)OC(=O)CCCCCC/C=C\C/C=C\C/C=C\C/C=C\CC. The predicted molar refractivity (Wildman–Crippen MR) is 361 cm³/mol. The molecule has 0 rings (SSSR count). The first-order chi connectivity index (χ1) is 41.0. The summed E-state index contributed by atoms with van der Waals surface area (Å²) in [6.07, 6.45) is 105. The van der Waals surface area contributed by atoms with E-state index in [0.29, 0.717) is 12.8 Å². The zero-order chi connectivity index (χ0) is 59.9. The molecule has 0 radical (unpaired) electrons. The van der Waals surface area contributed by atoms with Crippen LogP contribution in [0.1, 0.15) is 239 Å². The first-order valence-corrected chi connectivity index (χ1v) is 32.6. The molecule has 0 amide bonds. The van der Waals surface area contributed by atoms with Crippen molar-refractivity contribution in [2.75, 3.05) is 13.2 Å². The Morgan fingerprint density at radius 1 is 0.241 bits per heavy atom. The second-order valence-electron chi connectivity index (χ2n) is 20.5. The molecule has 6 heteroatoms. The maximum atomic E-state index is 12.9. The highest BCUT2D eigenvalue weighted by Crippen LogP contribution is 2.12. The second kappa shape index (κ2) is 68.5. The third kappa shape index (κ3) is 66.7. The van der Waals surface area contributed by atoms with E-state index >= 15 is 0 Å². The van der Waals surface area contributed by atoms with E-state index < -0.39 is 6.10 Å². The minimum absolute atomic E-state index is 0.123. The van der Waals surface area contributed by atoms with Crippen LogP contribution in [-0.4, -0.2) is 37.2 Å². The average Bonchev–Trinajstić information content (AvgIpc) is 3.49. The molecule has 0 heterocycles. The van der Waals surface area contributed by atoms with Crippen LogP contribution in [0.4, 0.5) is 0 Å². The first kappa shape index (κ1) is 77.0. The first-order valence-electron chi connectivity index (χ1n) is 32.6. The fourth-order valence-corrected chi connectivity index (χ4v) is 8.00. The van der Waals surface area contributed by atoms with Crippen molar-refractivity contribution in [2.45, 2.75) is 245 Å². The van der Waals surface area contributed by atoms with Crippen molar-refractivity contribution in [1.82, 2.24) is 0 Å². The van der Waals surface area contributed by atoms with Gasteiger partial charge in [0.05, 0.1) is 0 Å². The second-order valence-corrected chi connectivity index (χ2v) is 20.5. The standard InChI is InChI=1S/C77H116O6/c1-4-7-10-13-16-19-22-25-28-31-32-33-34-35-36-37-38-39-40-41-42-43-44-47-49-52-55-58-61-64-67-70-76(79)82-73-74(83-77(80)71-68-65-62-59-56-53-50-46-30-27-24-21-18-15-12-9-6-3)72-81-75(78)69-66-63-60-57-54-51-48-45-29-26-23-20-17-14-11-8-5-2/h7-12,16-21,25-30,32-33,35-36,38-39,41-42,44,47-48,50-53,55,74H,4-6,13-15,22-24,31,34,37,40,43,45-46,49,54,56-73H2,1-3H3/b10-7-,11-8-,12-9-,19-16-,20-17-,21-18-,28-25-,29-26-,30-27-,33-32-,36-35-,39-38-,42-41-,47-44-,51-48-,53-50-,55-52-. The number of carbonyl (C=O) groups is 3. The van der Waals surface area contributed by atoms with E-state index in [2.05, 4.69) is 227 Å². The van der Waals surface area contributed by atoms with Crippen molar-refractivity contribution in [2.24, 2.45) is 0 Å². The zero-order valence-corrected chi connectivity index (χ0v) is 52.6. The Balaban J connectivity index is 4.52. The molecule has 6 nitrogen and oxygen atoms in total. The molecular weight excluding hydrogens is 1020 g/mol. The maximum absolute atomic E-state index is 12.9. The molecule has 0 fully saturated rings. The lowest BCUT2D eigenvalue weighted by molar-refractivity contribution is -0.167. The molecule has 83 heavy (non-hydrogen) atoms. The smallest absolute Gasteiger partial charge is 0.306 e. The molecule has 1 unspecified atom stereocenters. The zero-order valence-electron chi connectivity index (χ0n) is 52.6. The van der Waals surface area contributed by atoms with E-state index in [4.69, 9.17) is 14.2 Å². The van der Waals surface area contributed by atoms with Crippen molar-refractivity contribution >= 4 is 17.9 Å². The van der Waals surface area contributed by atoms with E-state index in [9.17, 15) is 14.4 Å². The summed E-state index contributed by atoms with van der Waals surface area (Å²) in [5.41, 5.74) is 0. The molecule has 460 valence electrons. The van der Waals surface area contributed by atoms with Crippen molar-refractivity contribution in [3.05, 3.63) is 207 Å². The van der Waals surface area contributed by atoms with Crippen molar-refractivity contribution < 1.29 is 28.6 Å². The Labute approximate surface area is 509 Å². The number of hydrogen-bond donors (Lipinski definition) is 0. The van der Waals surface area contributed by atoms with Crippen LogP contribution in [0.5, 0.6) is 0 Å². The fourth-order valence-electron chi connectivity index (χ4n) is 8.00. The summed E-state index contributed by atoms with van der Waals surface area (Å²) in [4.78, 5) is 38.3. The van der Waals surface area contributed by atoms with Gasteiger partial charge in [-0.2, -0.15) is 0 Å². The van der Waals surface area contributed by atoms with Gasteiger partial charge in [0.25, 0.3) is 0 Å². The van der Waals surface area contributed by atoms with Gasteiger partial charge in [-0.1, -0.05) is 259 Å². The van der Waals surface area contributed by atoms with E-state index in [1.165, 1.54) is 0 Å². The molecule has 0 aromatic heterocycles. The van der Waals surface area contributed by atoms with Gasteiger partial charge in [-0.05, 0) is 167 Å². The maximum Gasteiger partial charge on any atom is 0.306 e. The largest absolute Gasteiger partial charge is 0.462 e. The van der Waals surface area contributed by atoms with Gasteiger partial charge in [0.15, 0.2) is 6.10 Å². The number of ether oxygens (including phenoxy) is 3. The molecule has 1 atom stereocenters. The summed E-state index contributed by atoms with van der Waals surface area (Å²) < 4.78 is 16.9. The van der Waals surface area contributed by atoms with Crippen LogP contribution in [0.25, 0.3) is 0 Å². The molecule has 0 aliphatic carbocycles. The number of esters is 3. The van der Waals surface area contributed by atoms with E-state index in [1.807, 2.05) is 0 Å². The van der Waals surface area contributed by atoms with Gasteiger partial charge >= 0.3 is 17.9 Å². The highest BCUT2D eigenvalue weighted by Gasteiger charge is 2.19. The summed E-state index contributed by atoms with van der Waals surface area (Å²) >= 11 is 0. The lowest BCUT2D eigenvalue weighted by atomic mass is 10.1. The molecule has 0 aromatic carbocycles. The van der Waals surface area contributed by atoms with Crippen molar-refractivity contribution in [3.8, 4) is 0 Å². The van der Waals surface area contributed by atoms with Crippen LogP contribution in [0, 0.1) is 0 Å². The Kier molecular flexibility index (Phi) is 63.5. The van der Waals surface area contributed by atoms with Gasteiger partial charge in [-0.15, -0.1) is 0 Å². The van der Waals surface area contributed by atoms with E-state index in [0.717, 1.165) is 199 Å². The Hall–Kier alpha value is -6.01. The van der Waals surface area contributed by atoms with Gasteiger partial charge < -0.3 is 14.2 Å². The summed E-state index contributed by atoms with van der Waals surface area (Å²) in [5.74, 6) is -1.01. The highest BCUT2D eigenvalue weighted by molar-refractivity contribution is 5.71. The van der Waals surface area contributed by atoms with Crippen LogP contribution < -0.4 is 0 Å². The Morgan fingerprint density at radius 3 is 0.675 bits per heavy atom. The van der Waals surface area contributed by atoms with Crippen LogP contribution in [0.3, 0.4) is 0 Å². The third-order valence-electron chi connectivity index (χ3n) is 12.8. The van der Waals surface area contributed by atoms with Gasteiger partial charge in [0.1, 0.15) is 13.2 Å². The predicted octanol–water partition coefficient (Wildman–Crippen LogP) is 22.8. The molecule has 0 saturated carbocycles. The minimum atomic E-state index is -0.830. The normalized spacial score (nSPS) is 13.5. The van der Waals surface area contributed by atoms with E-state index in [1.54, 1.807) is 0 Å². The third-order valence-corrected chi connectivity index (χ3v) is 12.8. The quantitative estimate of drug-likeness (QED) is 0.0261. The molecule has 0 aliphatic rings. The summed E-state index contributed by atoms with van der Waals surface area (Å²) in [6.45, 7) is 6.21. The summed E-state index contributed by atoms with van der Waals surface area (Å²) in [6, 6.07) is 0. The van der Waals surface area contributed by atoms with Crippen LogP contribution in [-0.2, 0) is 28.6 Å². The minimum Gasteiger partial charge on any atom is -0.462 e. The van der Waals surface area contributed by atoms with Crippen molar-refractivity contribution in [1.29, 1.82) is 0 Å². The summed E-state index contributed by atoms with van der Waals surface area (Å²) in [7, 11) is 0.